The lowest BCUT2D eigenvalue weighted by molar-refractivity contribution is -0.136. The standard InChI is InChI=1S/C13H18F3NO/c1-9(2)18-11-5-3-4-10(8-11)12(17)6-7-13(14,15)16/h3-5,8-9,12H,6-7,17H2,1-2H3. The van der Waals surface area contributed by atoms with Crippen LogP contribution in [0.5, 0.6) is 5.75 Å². The Bertz CT molecular complexity index is 377. The third-order valence-electron chi connectivity index (χ3n) is 2.40. The van der Waals surface area contributed by atoms with Crippen molar-refractivity contribution in [3.63, 3.8) is 0 Å². The summed E-state index contributed by atoms with van der Waals surface area (Å²) < 4.78 is 41.8. The van der Waals surface area contributed by atoms with Crippen molar-refractivity contribution >= 4 is 0 Å². The maximum atomic E-state index is 12.1. The van der Waals surface area contributed by atoms with Crippen LogP contribution >= 0.6 is 0 Å². The molecule has 1 aromatic carbocycles. The molecule has 0 amide bonds. The van der Waals surface area contributed by atoms with E-state index >= 15 is 0 Å². The van der Waals surface area contributed by atoms with Gasteiger partial charge in [0.25, 0.3) is 0 Å². The molecule has 0 saturated heterocycles. The summed E-state index contributed by atoms with van der Waals surface area (Å²) in [6, 6.07) is 6.29. The van der Waals surface area contributed by atoms with Crippen molar-refractivity contribution < 1.29 is 17.9 Å². The molecule has 1 atom stereocenters. The van der Waals surface area contributed by atoms with E-state index < -0.39 is 18.6 Å². The highest BCUT2D eigenvalue weighted by Gasteiger charge is 2.27. The van der Waals surface area contributed by atoms with E-state index in [9.17, 15) is 13.2 Å². The highest BCUT2D eigenvalue weighted by molar-refractivity contribution is 5.30. The smallest absolute Gasteiger partial charge is 0.389 e. The first-order valence-electron chi connectivity index (χ1n) is 5.87. The number of hydrogen-bond donors (Lipinski definition) is 1. The van der Waals surface area contributed by atoms with Crippen LogP contribution in [0.25, 0.3) is 0 Å². The lowest BCUT2D eigenvalue weighted by Gasteiger charge is -2.16. The van der Waals surface area contributed by atoms with Crippen LogP contribution in [0.15, 0.2) is 24.3 Å². The molecule has 1 unspecified atom stereocenters. The lowest BCUT2D eigenvalue weighted by Crippen LogP contribution is -2.16. The van der Waals surface area contributed by atoms with Gasteiger partial charge in [0.1, 0.15) is 5.75 Å². The number of ether oxygens (including phenoxy) is 1. The van der Waals surface area contributed by atoms with Gasteiger partial charge in [-0.1, -0.05) is 12.1 Å². The number of halogens is 3. The van der Waals surface area contributed by atoms with Crippen LogP contribution in [0.2, 0.25) is 0 Å². The van der Waals surface area contributed by atoms with Gasteiger partial charge in [-0.2, -0.15) is 13.2 Å². The number of rotatable bonds is 5. The second-order valence-electron chi connectivity index (χ2n) is 4.50. The molecular weight excluding hydrogens is 243 g/mol. The fourth-order valence-corrected chi connectivity index (χ4v) is 1.58. The molecule has 0 aromatic heterocycles. The Labute approximate surface area is 105 Å². The average molecular weight is 261 g/mol. The Morgan fingerprint density at radius 2 is 1.94 bits per heavy atom. The Kier molecular flexibility index (Phi) is 5.02. The number of nitrogens with two attached hydrogens (primary N) is 1. The second-order valence-corrected chi connectivity index (χ2v) is 4.50. The van der Waals surface area contributed by atoms with Gasteiger partial charge in [-0.25, -0.2) is 0 Å². The molecule has 0 fully saturated rings. The van der Waals surface area contributed by atoms with Gasteiger partial charge in [0.2, 0.25) is 0 Å². The van der Waals surface area contributed by atoms with Crippen molar-refractivity contribution in [1.29, 1.82) is 0 Å². The third kappa shape index (κ3) is 5.40. The van der Waals surface area contributed by atoms with Gasteiger partial charge < -0.3 is 10.5 Å². The maximum absolute atomic E-state index is 12.1. The van der Waals surface area contributed by atoms with Gasteiger partial charge in [0, 0.05) is 12.5 Å². The monoisotopic (exact) mass is 261 g/mol. The summed E-state index contributed by atoms with van der Waals surface area (Å²) in [6.07, 6.45) is -5.13. The molecule has 0 heterocycles. The van der Waals surface area contributed by atoms with Crippen LogP contribution in [0.4, 0.5) is 13.2 Å². The summed E-state index contributed by atoms with van der Waals surface area (Å²) in [7, 11) is 0. The summed E-state index contributed by atoms with van der Waals surface area (Å²) in [4.78, 5) is 0. The fourth-order valence-electron chi connectivity index (χ4n) is 1.58. The fraction of sp³-hybridized carbons (Fsp3) is 0.538. The van der Waals surface area contributed by atoms with Crippen molar-refractivity contribution in [3.8, 4) is 5.75 Å². The number of benzene rings is 1. The molecule has 0 aliphatic carbocycles. The lowest BCUT2D eigenvalue weighted by atomic mass is 10.0. The molecule has 0 radical (unpaired) electrons. The van der Waals surface area contributed by atoms with Crippen LogP contribution in [0, 0.1) is 0 Å². The van der Waals surface area contributed by atoms with Crippen molar-refractivity contribution in [3.05, 3.63) is 29.8 Å². The average Bonchev–Trinajstić information content (AvgIpc) is 2.24. The molecule has 0 spiro atoms. The molecule has 0 bridgehead atoms. The van der Waals surface area contributed by atoms with Crippen molar-refractivity contribution in [1.82, 2.24) is 0 Å². The Hall–Kier alpha value is -1.23. The predicted molar refractivity (Wildman–Crippen MR) is 64.4 cm³/mol. The quantitative estimate of drug-likeness (QED) is 0.874. The van der Waals surface area contributed by atoms with Gasteiger partial charge >= 0.3 is 6.18 Å². The molecule has 0 saturated carbocycles. The van der Waals surface area contributed by atoms with Gasteiger partial charge in [0.15, 0.2) is 0 Å². The zero-order chi connectivity index (χ0) is 13.8. The van der Waals surface area contributed by atoms with E-state index in [1.807, 2.05) is 13.8 Å². The summed E-state index contributed by atoms with van der Waals surface area (Å²) in [5, 5.41) is 0. The second kappa shape index (κ2) is 6.09. The Morgan fingerprint density at radius 1 is 1.28 bits per heavy atom. The van der Waals surface area contributed by atoms with Crippen LogP contribution < -0.4 is 10.5 Å². The van der Waals surface area contributed by atoms with E-state index in [0.717, 1.165) is 0 Å². The van der Waals surface area contributed by atoms with E-state index in [0.29, 0.717) is 11.3 Å². The van der Waals surface area contributed by atoms with E-state index in [1.165, 1.54) is 0 Å². The summed E-state index contributed by atoms with van der Waals surface area (Å²) in [5.74, 6) is 0.630. The highest BCUT2D eigenvalue weighted by Crippen LogP contribution is 2.27. The van der Waals surface area contributed by atoms with E-state index in [-0.39, 0.29) is 12.5 Å². The predicted octanol–water partition coefficient (Wildman–Crippen LogP) is 3.82. The molecule has 18 heavy (non-hydrogen) atoms. The maximum Gasteiger partial charge on any atom is 0.389 e. The molecule has 2 N–H and O–H groups in total. The third-order valence-corrected chi connectivity index (χ3v) is 2.40. The van der Waals surface area contributed by atoms with E-state index in [1.54, 1.807) is 24.3 Å². The first-order chi connectivity index (χ1) is 8.28. The Balaban J connectivity index is 2.65. The number of alkyl halides is 3. The van der Waals surface area contributed by atoms with Crippen molar-refractivity contribution in [2.24, 2.45) is 5.73 Å². The molecule has 0 aliphatic heterocycles. The minimum absolute atomic E-state index is 0.0200. The van der Waals surface area contributed by atoms with Gasteiger partial charge in [-0.05, 0) is 38.0 Å². The van der Waals surface area contributed by atoms with Gasteiger partial charge in [-0.15, -0.1) is 0 Å². The SMILES string of the molecule is CC(C)Oc1cccc(C(N)CCC(F)(F)F)c1. The molecule has 2 nitrogen and oxygen atoms in total. The topological polar surface area (TPSA) is 35.2 Å². The van der Waals surface area contributed by atoms with Crippen molar-refractivity contribution in [2.45, 2.75) is 45.0 Å². The largest absolute Gasteiger partial charge is 0.491 e. The van der Waals surface area contributed by atoms with Crippen molar-refractivity contribution in [2.75, 3.05) is 0 Å². The zero-order valence-corrected chi connectivity index (χ0v) is 10.5. The summed E-state index contributed by atoms with van der Waals surface area (Å²) >= 11 is 0. The van der Waals surface area contributed by atoms with Gasteiger partial charge in [0.05, 0.1) is 6.10 Å². The first kappa shape index (κ1) is 14.8. The highest BCUT2D eigenvalue weighted by atomic mass is 19.4. The van der Waals surface area contributed by atoms with Crippen LogP contribution in [0.1, 0.15) is 38.3 Å². The van der Waals surface area contributed by atoms with Gasteiger partial charge in [-0.3, -0.25) is 0 Å². The summed E-state index contributed by atoms with van der Waals surface area (Å²) in [5.41, 5.74) is 6.41. The Morgan fingerprint density at radius 3 is 2.50 bits per heavy atom. The van der Waals surface area contributed by atoms with E-state index in [2.05, 4.69) is 0 Å². The minimum atomic E-state index is -4.16. The summed E-state index contributed by atoms with van der Waals surface area (Å²) in [6.45, 7) is 3.77. The molecular formula is C13H18F3NO. The van der Waals surface area contributed by atoms with E-state index in [4.69, 9.17) is 10.5 Å². The number of hydrogen-bond acceptors (Lipinski definition) is 2. The first-order valence-corrected chi connectivity index (χ1v) is 5.87. The minimum Gasteiger partial charge on any atom is -0.491 e. The van der Waals surface area contributed by atoms with Crippen LogP contribution in [-0.2, 0) is 0 Å². The normalized spacial score (nSPS) is 13.7. The molecule has 1 rings (SSSR count). The zero-order valence-electron chi connectivity index (χ0n) is 10.5. The molecule has 0 aliphatic rings. The molecule has 5 heteroatoms. The van der Waals surface area contributed by atoms with Crippen LogP contribution in [-0.4, -0.2) is 12.3 Å². The van der Waals surface area contributed by atoms with Crippen LogP contribution in [0.3, 0.4) is 0 Å². The molecule has 1 aromatic rings. The molecule has 102 valence electrons.